The average Bonchev–Trinajstić information content (AvgIpc) is 3.49. The van der Waals surface area contributed by atoms with E-state index in [9.17, 15) is 0 Å². The van der Waals surface area contributed by atoms with Crippen molar-refractivity contribution >= 4 is 17.5 Å². The smallest absolute Gasteiger partial charge is 0.0512 e. The van der Waals surface area contributed by atoms with Gasteiger partial charge in [-0.15, -0.1) is 0 Å². The Kier molecular flexibility index (Phi) is 10.4. The van der Waals surface area contributed by atoms with Crippen molar-refractivity contribution in [1.29, 1.82) is 0 Å². The van der Waals surface area contributed by atoms with Crippen LogP contribution < -0.4 is 4.90 Å². The highest BCUT2D eigenvalue weighted by Crippen LogP contribution is 2.62. The molecule has 1 aromatic carbocycles. The molecule has 2 nitrogen and oxygen atoms in total. The monoisotopic (exact) mass is 392 g/mol. The summed E-state index contributed by atoms with van der Waals surface area (Å²) in [5.74, 6) is 0.741. The molecule has 1 aromatic rings. The van der Waals surface area contributed by atoms with Crippen LogP contribution in [0.5, 0.6) is 0 Å². The molecule has 2 unspecified atom stereocenters. The maximum Gasteiger partial charge on any atom is 0.0512 e. The molecule has 3 aliphatic rings. The fraction of sp³-hybridized carbons (Fsp3) is 0.444. The molecule has 1 aliphatic heterocycles. The minimum atomic E-state index is 0.328. The van der Waals surface area contributed by atoms with E-state index in [1.165, 1.54) is 23.4 Å². The van der Waals surface area contributed by atoms with Crippen molar-refractivity contribution in [3.63, 3.8) is 0 Å². The van der Waals surface area contributed by atoms with Crippen LogP contribution in [0.4, 0.5) is 5.69 Å². The van der Waals surface area contributed by atoms with E-state index >= 15 is 0 Å². The summed E-state index contributed by atoms with van der Waals surface area (Å²) in [6.07, 6.45) is 17.8. The summed E-state index contributed by atoms with van der Waals surface area (Å²) in [5, 5.41) is 0. The normalized spacial score (nSPS) is 22.3. The number of hydrogen-bond donors (Lipinski definition) is 0. The zero-order valence-corrected chi connectivity index (χ0v) is 19.7. The van der Waals surface area contributed by atoms with Gasteiger partial charge in [0.25, 0.3) is 0 Å². The lowest BCUT2D eigenvalue weighted by Gasteiger charge is -2.19. The number of para-hydroxylation sites is 1. The number of dihydropyridines is 1. The van der Waals surface area contributed by atoms with Gasteiger partial charge in [0.1, 0.15) is 0 Å². The Morgan fingerprint density at radius 1 is 1.14 bits per heavy atom. The lowest BCUT2D eigenvalue weighted by Crippen LogP contribution is -2.10. The van der Waals surface area contributed by atoms with Gasteiger partial charge in [0.05, 0.1) is 5.70 Å². The number of hydrogen-bond acceptors (Lipinski definition) is 2. The molecule has 0 amide bonds. The maximum absolute atomic E-state index is 4.56. The highest BCUT2D eigenvalue weighted by atomic mass is 15.1. The predicted molar refractivity (Wildman–Crippen MR) is 133 cm³/mol. The summed E-state index contributed by atoms with van der Waals surface area (Å²) in [4.78, 5) is 6.69. The largest absolute Gasteiger partial charge is 0.377 e. The van der Waals surface area contributed by atoms with Crippen LogP contribution in [0.2, 0.25) is 0 Å². The van der Waals surface area contributed by atoms with Gasteiger partial charge in [-0.25, -0.2) is 0 Å². The Bertz CT molecular complexity index is 777. The van der Waals surface area contributed by atoms with E-state index in [-0.39, 0.29) is 0 Å². The van der Waals surface area contributed by atoms with E-state index in [4.69, 9.17) is 0 Å². The number of aliphatic imine (C=N–C) groups is 1. The van der Waals surface area contributed by atoms with Gasteiger partial charge in [-0.3, -0.25) is 4.99 Å². The van der Waals surface area contributed by atoms with Crippen molar-refractivity contribution in [1.82, 2.24) is 0 Å². The van der Waals surface area contributed by atoms with Crippen LogP contribution >= 0.6 is 0 Å². The Labute approximate surface area is 179 Å². The molecule has 0 saturated heterocycles. The van der Waals surface area contributed by atoms with Gasteiger partial charge in [-0.1, -0.05) is 83.2 Å². The molecule has 158 valence electrons. The molecule has 29 heavy (non-hydrogen) atoms. The first-order valence-electron chi connectivity index (χ1n) is 11.1. The van der Waals surface area contributed by atoms with Gasteiger partial charge < -0.3 is 4.90 Å². The van der Waals surface area contributed by atoms with Gasteiger partial charge in [-0.2, -0.15) is 0 Å². The molecule has 0 radical (unpaired) electrons. The van der Waals surface area contributed by atoms with E-state index < -0.39 is 0 Å². The van der Waals surface area contributed by atoms with Crippen LogP contribution in [-0.2, 0) is 0 Å². The summed E-state index contributed by atoms with van der Waals surface area (Å²) in [5.41, 5.74) is 5.29. The summed E-state index contributed by atoms with van der Waals surface area (Å²) >= 11 is 0. The minimum Gasteiger partial charge on any atom is -0.377 e. The van der Waals surface area contributed by atoms with E-state index in [0.717, 1.165) is 18.1 Å². The molecule has 0 aromatic heterocycles. The molecule has 4 rings (SSSR count). The van der Waals surface area contributed by atoms with Crippen LogP contribution in [0, 0.1) is 11.3 Å². The van der Waals surface area contributed by atoms with Crippen LogP contribution in [0.1, 0.15) is 59.9 Å². The maximum atomic E-state index is 4.56. The third kappa shape index (κ3) is 6.32. The van der Waals surface area contributed by atoms with Crippen molar-refractivity contribution in [2.45, 2.75) is 54.4 Å². The summed E-state index contributed by atoms with van der Waals surface area (Å²) < 4.78 is 0. The van der Waals surface area contributed by atoms with Crippen molar-refractivity contribution in [2.75, 3.05) is 19.0 Å². The predicted octanol–water partition coefficient (Wildman–Crippen LogP) is 7.71. The first-order chi connectivity index (χ1) is 14.1. The minimum absolute atomic E-state index is 0.328. The Morgan fingerprint density at radius 2 is 1.83 bits per heavy atom. The zero-order valence-electron chi connectivity index (χ0n) is 19.7. The molecule has 1 saturated carbocycles. The molecule has 0 bridgehead atoms. The number of rotatable bonds is 3. The van der Waals surface area contributed by atoms with Gasteiger partial charge >= 0.3 is 0 Å². The molecular formula is C27H40N2. The Morgan fingerprint density at radius 3 is 2.48 bits per heavy atom. The molecule has 1 fully saturated rings. The van der Waals surface area contributed by atoms with Crippen molar-refractivity contribution < 1.29 is 0 Å². The molecule has 2 atom stereocenters. The molecule has 0 N–H and O–H groups in total. The SMILES string of the molecule is CC.CC.CC/C=C\c1ccccc1N(C)C.CC1=NC2=CC=CC3CC23C=C1. The van der Waals surface area contributed by atoms with E-state index in [1.54, 1.807) is 0 Å². The number of benzene rings is 1. The summed E-state index contributed by atoms with van der Waals surface area (Å²) in [6.45, 7) is 12.2. The topological polar surface area (TPSA) is 15.6 Å². The molecule has 1 heterocycles. The fourth-order valence-electron chi connectivity index (χ4n) is 3.47. The first kappa shape index (κ1) is 24.7. The van der Waals surface area contributed by atoms with Crippen LogP contribution in [0.3, 0.4) is 0 Å². The average molecular weight is 393 g/mol. The summed E-state index contributed by atoms with van der Waals surface area (Å²) in [6, 6.07) is 8.41. The van der Waals surface area contributed by atoms with Gasteiger partial charge in [-0.05, 0) is 49.5 Å². The van der Waals surface area contributed by atoms with Crippen molar-refractivity contribution in [3.05, 3.63) is 72.0 Å². The molecule has 2 aliphatic carbocycles. The first-order valence-corrected chi connectivity index (χ1v) is 11.1. The second-order valence-electron chi connectivity index (χ2n) is 7.14. The standard InChI is InChI=1S/C12H17N.C11H11N.2C2H6/c1-4-5-8-11-9-6-7-10-12(11)13(2)3;1-8-5-6-11-7-9(11)3-2-4-10(11)12-8;2*1-2/h5-10H,4H2,1-3H3;2-6,9H,7H2,1H3;2*1-2H3/b8-5-;;;. The highest BCUT2D eigenvalue weighted by Gasteiger charge is 2.55. The third-order valence-corrected chi connectivity index (χ3v) is 5.00. The molecule has 1 spiro atoms. The Hall–Kier alpha value is -2.35. The van der Waals surface area contributed by atoms with E-state index in [2.05, 4.69) is 105 Å². The quantitative estimate of drug-likeness (QED) is 0.514. The number of nitrogens with zero attached hydrogens (tertiary/aromatic N) is 2. The van der Waals surface area contributed by atoms with Crippen molar-refractivity contribution in [3.8, 4) is 0 Å². The third-order valence-electron chi connectivity index (χ3n) is 5.00. The molecular weight excluding hydrogens is 352 g/mol. The number of allylic oxidation sites excluding steroid dienone is 6. The summed E-state index contributed by atoms with van der Waals surface area (Å²) in [7, 11) is 4.14. The second-order valence-corrected chi connectivity index (χ2v) is 7.14. The van der Waals surface area contributed by atoms with Crippen LogP contribution in [0.15, 0.2) is 71.4 Å². The van der Waals surface area contributed by atoms with Crippen LogP contribution in [-0.4, -0.2) is 19.8 Å². The van der Waals surface area contributed by atoms with E-state index in [1.807, 2.05) is 27.7 Å². The molecule has 2 heteroatoms. The lowest BCUT2D eigenvalue weighted by molar-refractivity contribution is 0.706. The van der Waals surface area contributed by atoms with Gasteiger partial charge in [0.15, 0.2) is 0 Å². The highest BCUT2D eigenvalue weighted by molar-refractivity contribution is 5.95. The van der Waals surface area contributed by atoms with Gasteiger partial charge in [0, 0.05) is 30.9 Å². The van der Waals surface area contributed by atoms with Gasteiger partial charge in [0.2, 0.25) is 0 Å². The lowest BCUT2D eigenvalue weighted by atomic mass is 9.92. The van der Waals surface area contributed by atoms with Crippen LogP contribution in [0.25, 0.3) is 6.08 Å². The second kappa shape index (κ2) is 12.3. The number of anilines is 1. The van der Waals surface area contributed by atoms with E-state index in [0.29, 0.717) is 5.41 Å². The Balaban J connectivity index is 0.000000248. The zero-order chi connectivity index (χ0) is 21.9. The van der Waals surface area contributed by atoms with Crippen molar-refractivity contribution in [2.24, 2.45) is 16.3 Å². The fourth-order valence-corrected chi connectivity index (χ4v) is 3.47.